The van der Waals surface area contributed by atoms with Gasteiger partial charge in [-0.25, -0.2) is 0 Å². The molecule has 0 aliphatic carbocycles. The molecule has 0 unspecified atom stereocenters. The van der Waals surface area contributed by atoms with Crippen LogP contribution in [0.3, 0.4) is 0 Å². The molecule has 0 bridgehead atoms. The second-order valence-corrected chi connectivity index (χ2v) is 5.46. The average molecular weight is 292 g/mol. The fraction of sp³-hybridized carbons (Fsp3) is 0.333. The standard InChI is InChI=1S/C15H20N2O2S/c1-11-8-13(16)9-14(12-2-7-20-10-12)15(11)17(3-5-18)4-6-19/h2,7-10,18-19H,3-6,16H2,1H3. The third kappa shape index (κ3) is 3.12. The van der Waals surface area contributed by atoms with Crippen molar-refractivity contribution in [3.8, 4) is 11.1 Å². The third-order valence-corrected chi connectivity index (χ3v) is 3.89. The van der Waals surface area contributed by atoms with E-state index in [0.29, 0.717) is 13.1 Å². The molecule has 0 aliphatic rings. The van der Waals surface area contributed by atoms with Crippen LogP contribution in [0.4, 0.5) is 11.4 Å². The summed E-state index contributed by atoms with van der Waals surface area (Å²) in [5.41, 5.74) is 10.9. The maximum absolute atomic E-state index is 9.25. The highest BCUT2D eigenvalue weighted by molar-refractivity contribution is 7.08. The van der Waals surface area contributed by atoms with Crippen molar-refractivity contribution in [1.29, 1.82) is 0 Å². The number of hydrogen-bond acceptors (Lipinski definition) is 5. The summed E-state index contributed by atoms with van der Waals surface area (Å²) in [7, 11) is 0. The van der Waals surface area contributed by atoms with Crippen LogP contribution in [-0.2, 0) is 0 Å². The molecule has 0 atom stereocenters. The van der Waals surface area contributed by atoms with Gasteiger partial charge in [0.1, 0.15) is 0 Å². The fourth-order valence-electron chi connectivity index (χ4n) is 2.44. The van der Waals surface area contributed by atoms with E-state index < -0.39 is 0 Å². The Hall–Kier alpha value is -1.56. The number of anilines is 2. The minimum absolute atomic E-state index is 0.0485. The number of benzene rings is 1. The zero-order valence-corrected chi connectivity index (χ0v) is 12.4. The molecule has 108 valence electrons. The van der Waals surface area contributed by atoms with Gasteiger partial charge in [-0.05, 0) is 47.0 Å². The topological polar surface area (TPSA) is 69.7 Å². The summed E-state index contributed by atoms with van der Waals surface area (Å²) in [6, 6.07) is 5.93. The lowest BCUT2D eigenvalue weighted by molar-refractivity contribution is 0.281. The van der Waals surface area contributed by atoms with E-state index in [1.165, 1.54) is 0 Å². The van der Waals surface area contributed by atoms with E-state index in [1.54, 1.807) is 11.3 Å². The molecule has 0 saturated heterocycles. The van der Waals surface area contributed by atoms with Gasteiger partial charge in [-0.3, -0.25) is 0 Å². The molecule has 1 heterocycles. The minimum atomic E-state index is 0.0485. The van der Waals surface area contributed by atoms with E-state index in [-0.39, 0.29) is 13.2 Å². The molecule has 5 heteroatoms. The zero-order valence-electron chi connectivity index (χ0n) is 11.5. The first-order valence-corrected chi connectivity index (χ1v) is 7.51. The highest BCUT2D eigenvalue weighted by Gasteiger charge is 2.16. The van der Waals surface area contributed by atoms with Gasteiger partial charge in [0.05, 0.1) is 13.2 Å². The van der Waals surface area contributed by atoms with E-state index in [9.17, 15) is 10.2 Å². The first-order chi connectivity index (χ1) is 9.67. The molecular weight excluding hydrogens is 272 g/mol. The summed E-state index contributed by atoms with van der Waals surface area (Å²) in [5.74, 6) is 0. The molecule has 2 aromatic rings. The maximum atomic E-state index is 9.25. The van der Waals surface area contributed by atoms with Crippen LogP contribution in [0, 0.1) is 6.92 Å². The van der Waals surface area contributed by atoms with Crippen LogP contribution >= 0.6 is 11.3 Å². The minimum Gasteiger partial charge on any atom is -0.399 e. The number of rotatable bonds is 6. The van der Waals surface area contributed by atoms with E-state index in [1.807, 2.05) is 29.3 Å². The molecule has 2 rings (SSSR count). The van der Waals surface area contributed by atoms with Crippen LogP contribution in [0.25, 0.3) is 11.1 Å². The molecule has 1 aromatic heterocycles. The van der Waals surface area contributed by atoms with Crippen LogP contribution < -0.4 is 10.6 Å². The second kappa shape index (κ2) is 6.74. The van der Waals surface area contributed by atoms with E-state index in [2.05, 4.69) is 11.4 Å². The molecule has 0 aliphatic heterocycles. The highest BCUT2D eigenvalue weighted by Crippen LogP contribution is 2.36. The molecule has 1 aromatic carbocycles. The van der Waals surface area contributed by atoms with Gasteiger partial charge >= 0.3 is 0 Å². The van der Waals surface area contributed by atoms with Gasteiger partial charge in [0, 0.05) is 30.0 Å². The number of aryl methyl sites for hydroxylation is 1. The van der Waals surface area contributed by atoms with Gasteiger partial charge < -0.3 is 20.8 Å². The van der Waals surface area contributed by atoms with Crippen LogP contribution in [0.15, 0.2) is 29.0 Å². The number of nitrogens with zero attached hydrogens (tertiary/aromatic N) is 1. The normalized spacial score (nSPS) is 10.8. The molecular formula is C15H20N2O2S. The number of nitrogens with two attached hydrogens (primary N) is 1. The first-order valence-electron chi connectivity index (χ1n) is 6.56. The largest absolute Gasteiger partial charge is 0.399 e. The fourth-order valence-corrected chi connectivity index (χ4v) is 3.10. The summed E-state index contributed by atoms with van der Waals surface area (Å²) in [6.45, 7) is 3.08. The quantitative estimate of drug-likeness (QED) is 0.713. The van der Waals surface area contributed by atoms with E-state index in [4.69, 9.17) is 5.73 Å². The predicted molar refractivity (Wildman–Crippen MR) is 85.3 cm³/mol. The lowest BCUT2D eigenvalue weighted by Crippen LogP contribution is -2.30. The van der Waals surface area contributed by atoms with E-state index in [0.717, 1.165) is 28.1 Å². The maximum Gasteiger partial charge on any atom is 0.0606 e. The Labute approximate surface area is 123 Å². The summed E-state index contributed by atoms with van der Waals surface area (Å²) >= 11 is 1.64. The van der Waals surface area contributed by atoms with Crippen molar-refractivity contribution in [2.75, 3.05) is 36.9 Å². The van der Waals surface area contributed by atoms with Crippen molar-refractivity contribution in [3.05, 3.63) is 34.5 Å². The van der Waals surface area contributed by atoms with Crippen LogP contribution in [0.2, 0.25) is 0 Å². The molecule has 4 N–H and O–H groups in total. The Bertz CT molecular complexity index is 549. The summed E-state index contributed by atoms with van der Waals surface area (Å²) in [4.78, 5) is 2.00. The van der Waals surface area contributed by atoms with Crippen LogP contribution in [-0.4, -0.2) is 36.5 Å². The highest BCUT2D eigenvalue weighted by atomic mass is 32.1. The first kappa shape index (κ1) is 14.8. The van der Waals surface area contributed by atoms with E-state index >= 15 is 0 Å². The van der Waals surface area contributed by atoms with Crippen molar-refractivity contribution in [2.24, 2.45) is 0 Å². The predicted octanol–water partition coefficient (Wildman–Crippen LogP) is 2.10. The van der Waals surface area contributed by atoms with Crippen molar-refractivity contribution in [2.45, 2.75) is 6.92 Å². The molecule has 0 saturated carbocycles. The number of hydrogen-bond donors (Lipinski definition) is 3. The van der Waals surface area contributed by atoms with Crippen molar-refractivity contribution < 1.29 is 10.2 Å². The molecule has 20 heavy (non-hydrogen) atoms. The smallest absolute Gasteiger partial charge is 0.0606 e. The molecule has 0 spiro atoms. The third-order valence-electron chi connectivity index (χ3n) is 3.21. The molecule has 0 amide bonds. The number of aliphatic hydroxyl groups excluding tert-OH is 2. The van der Waals surface area contributed by atoms with Gasteiger partial charge in [-0.2, -0.15) is 11.3 Å². The zero-order chi connectivity index (χ0) is 14.5. The van der Waals surface area contributed by atoms with Crippen molar-refractivity contribution in [1.82, 2.24) is 0 Å². The average Bonchev–Trinajstić information content (AvgIpc) is 2.91. The lowest BCUT2D eigenvalue weighted by atomic mass is 10.0. The Morgan fingerprint density at radius 1 is 1.20 bits per heavy atom. The Morgan fingerprint density at radius 3 is 2.45 bits per heavy atom. The number of thiophene rings is 1. The number of nitrogen functional groups attached to an aromatic ring is 1. The monoisotopic (exact) mass is 292 g/mol. The van der Waals surface area contributed by atoms with Crippen molar-refractivity contribution in [3.63, 3.8) is 0 Å². The Morgan fingerprint density at radius 2 is 1.90 bits per heavy atom. The molecule has 0 fully saturated rings. The van der Waals surface area contributed by atoms with Gasteiger partial charge in [0.25, 0.3) is 0 Å². The summed E-state index contributed by atoms with van der Waals surface area (Å²) in [5, 5.41) is 22.6. The number of aliphatic hydroxyl groups is 2. The second-order valence-electron chi connectivity index (χ2n) is 4.68. The van der Waals surface area contributed by atoms with Crippen LogP contribution in [0.1, 0.15) is 5.56 Å². The molecule has 4 nitrogen and oxygen atoms in total. The van der Waals surface area contributed by atoms with Gasteiger partial charge in [-0.15, -0.1) is 0 Å². The Kier molecular flexibility index (Phi) is 5.00. The van der Waals surface area contributed by atoms with Gasteiger partial charge in [-0.1, -0.05) is 0 Å². The van der Waals surface area contributed by atoms with Gasteiger partial charge in [0.15, 0.2) is 0 Å². The SMILES string of the molecule is Cc1cc(N)cc(-c2ccsc2)c1N(CCO)CCO. The Balaban J connectivity index is 2.54. The van der Waals surface area contributed by atoms with Crippen molar-refractivity contribution >= 4 is 22.7 Å². The summed E-state index contributed by atoms with van der Waals surface area (Å²) in [6.07, 6.45) is 0. The molecule has 0 radical (unpaired) electrons. The van der Waals surface area contributed by atoms with Gasteiger partial charge in [0.2, 0.25) is 0 Å². The van der Waals surface area contributed by atoms with Crippen LogP contribution in [0.5, 0.6) is 0 Å². The lowest BCUT2D eigenvalue weighted by Gasteiger charge is -2.28. The summed E-state index contributed by atoms with van der Waals surface area (Å²) < 4.78 is 0.